The molecule has 0 aliphatic heterocycles. The van der Waals surface area contributed by atoms with Gasteiger partial charge in [-0.3, -0.25) is 0 Å². The zero-order valence-corrected chi connectivity index (χ0v) is 18.1. The van der Waals surface area contributed by atoms with Crippen molar-refractivity contribution in [2.45, 2.75) is 13.1 Å². The summed E-state index contributed by atoms with van der Waals surface area (Å²) in [5.74, 6) is 0.845. The normalized spacial score (nSPS) is 11.2. The van der Waals surface area contributed by atoms with Crippen molar-refractivity contribution in [3.63, 3.8) is 0 Å². The molecular weight excluding hydrogens is 493 g/mol. The van der Waals surface area contributed by atoms with Crippen molar-refractivity contribution in [2.24, 2.45) is 4.99 Å². The van der Waals surface area contributed by atoms with Gasteiger partial charge in [-0.1, -0.05) is 30.3 Å². The van der Waals surface area contributed by atoms with E-state index in [1.807, 2.05) is 66.1 Å². The Morgan fingerprint density at radius 2 is 1.92 bits per heavy atom. The van der Waals surface area contributed by atoms with Crippen LogP contribution in [0, 0.1) is 0 Å². The molecule has 25 heavy (non-hydrogen) atoms. The fourth-order valence-electron chi connectivity index (χ4n) is 2.38. The minimum Gasteiger partial charge on any atom is -0.351 e. The van der Waals surface area contributed by atoms with Gasteiger partial charge in [0.05, 0.1) is 18.8 Å². The van der Waals surface area contributed by atoms with E-state index in [2.05, 4.69) is 43.4 Å². The van der Waals surface area contributed by atoms with Crippen molar-refractivity contribution in [2.75, 3.05) is 14.1 Å². The van der Waals surface area contributed by atoms with E-state index in [1.165, 1.54) is 5.56 Å². The van der Waals surface area contributed by atoms with Crippen LogP contribution in [-0.4, -0.2) is 34.3 Å². The molecule has 5 nitrogen and oxygen atoms in total. The highest BCUT2D eigenvalue weighted by Crippen LogP contribution is 2.12. The van der Waals surface area contributed by atoms with E-state index in [4.69, 9.17) is 0 Å². The van der Waals surface area contributed by atoms with E-state index in [0.29, 0.717) is 13.1 Å². The standard InChI is InChI=1S/C18H20BrN5.HI/c1-23(2)18(20-10-14-6-4-3-5-7-14)21-11-16-13-24-12-15(19)8-9-17(24)22-16;/h3-9,12-13H,10-11H2,1-2H3,(H,20,21);1H. The average molecular weight is 514 g/mol. The van der Waals surface area contributed by atoms with Gasteiger partial charge in [-0.2, -0.15) is 0 Å². The lowest BCUT2D eigenvalue weighted by Gasteiger charge is -2.17. The predicted octanol–water partition coefficient (Wildman–Crippen LogP) is 3.92. The van der Waals surface area contributed by atoms with Crippen LogP contribution < -0.4 is 5.32 Å². The predicted molar refractivity (Wildman–Crippen MR) is 116 cm³/mol. The first-order valence-corrected chi connectivity index (χ1v) is 8.54. The summed E-state index contributed by atoms with van der Waals surface area (Å²) < 4.78 is 3.04. The molecular formula is C18H21BrIN5. The van der Waals surface area contributed by atoms with Crippen LogP contribution in [0.2, 0.25) is 0 Å². The van der Waals surface area contributed by atoms with Crippen LogP contribution in [0.1, 0.15) is 11.3 Å². The van der Waals surface area contributed by atoms with Crippen molar-refractivity contribution >= 4 is 51.5 Å². The Morgan fingerprint density at radius 3 is 2.64 bits per heavy atom. The summed E-state index contributed by atoms with van der Waals surface area (Å²) in [6.45, 7) is 1.28. The third-order valence-electron chi connectivity index (χ3n) is 3.57. The van der Waals surface area contributed by atoms with Crippen molar-refractivity contribution in [1.82, 2.24) is 19.6 Å². The van der Waals surface area contributed by atoms with Crippen LogP contribution in [0.4, 0.5) is 0 Å². The first-order valence-electron chi connectivity index (χ1n) is 7.74. The van der Waals surface area contributed by atoms with Gasteiger partial charge in [-0.05, 0) is 33.6 Å². The number of nitrogens with zero attached hydrogens (tertiary/aromatic N) is 4. The molecule has 0 saturated carbocycles. The largest absolute Gasteiger partial charge is 0.351 e. The first kappa shape index (κ1) is 19.7. The smallest absolute Gasteiger partial charge is 0.194 e. The second kappa shape index (κ2) is 9.19. The maximum absolute atomic E-state index is 4.67. The number of nitrogens with one attached hydrogen (secondary N) is 1. The van der Waals surface area contributed by atoms with Gasteiger partial charge in [0.15, 0.2) is 5.96 Å². The van der Waals surface area contributed by atoms with Gasteiger partial charge in [0.25, 0.3) is 0 Å². The fourth-order valence-corrected chi connectivity index (χ4v) is 2.73. The lowest BCUT2D eigenvalue weighted by atomic mass is 10.2. The molecule has 7 heteroatoms. The fraction of sp³-hybridized carbons (Fsp3) is 0.222. The zero-order chi connectivity index (χ0) is 16.9. The Labute approximate surface area is 173 Å². The van der Waals surface area contributed by atoms with E-state index in [9.17, 15) is 0 Å². The van der Waals surface area contributed by atoms with Crippen LogP contribution in [0.5, 0.6) is 0 Å². The number of aromatic nitrogens is 2. The van der Waals surface area contributed by atoms with E-state index in [1.54, 1.807) is 0 Å². The number of hydrogen-bond donors (Lipinski definition) is 1. The van der Waals surface area contributed by atoms with Gasteiger partial charge in [-0.15, -0.1) is 24.0 Å². The maximum atomic E-state index is 4.67. The number of guanidine groups is 1. The average Bonchev–Trinajstić information content (AvgIpc) is 2.97. The molecule has 1 aromatic carbocycles. The molecule has 0 bridgehead atoms. The Morgan fingerprint density at radius 1 is 1.16 bits per heavy atom. The number of benzene rings is 1. The summed E-state index contributed by atoms with van der Waals surface area (Å²) in [7, 11) is 3.97. The van der Waals surface area contributed by atoms with Gasteiger partial charge >= 0.3 is 0 Å². The van der Waals surface area contributed by atoms with Gasteiger partial charge in [0.1, 0.15) is 5.65 Å². The second-order valence-electron chi connectivity index (χ2n) is 5.72. The summed E-state index contributed by atoms with van der Waals surface area (Å²) in [5.41, 5.74) is 3.10. The minimum absolute atomic E-state index is 0. The van der Waals surface area contributed by atoms with Crippen molar-refractivity contribution in [3.05, 3.63) is 70.6 Å². The molecule has 0 unspecified atom stereocenters. The third kappa shape index (κ3) is 5.43. The zero-order valence-electron chi connectivity index (χ0n) is 14.2. The highest BCUT2D eigenvalue weighted by molar-refractivity contribution is 14.0. The highest BCUT2D eigenvalue weighted by atomic mass is 127. The van der Waals surface area contributed by atoms with E-state index < -0.39 is 0 Å². The number of pyridine rings is 1. The summed E-state index contributed by atoms with van der Waals surface area (Å²) >= 11 is 3.48. The molecule has 132 valence electrons. The van der Waals surface area contributed by atoms with Gasteiger partial charge in [-0.25, -0.2) is 9.98 Å². The first-order chi connectivity index (χ1) is 11.6. The monoisotopic (exact) mass is 513 g/mol. The van der Waals surface area contributed by atoms with Gasteiger partial charge in [0, 0.05) is 31.0 Å². The van der Waals surface area contributed by atoms with Crippen LogP contribution >= 0.6 is 39.9 Å². The van der Waals surface area contributed by atoms with E-state index in [-0.39, 0.29) is 24.0 Å². The lowest BCUT2D eigenvalue weighted by Crippen LogP contribution is -2.36. The Kier molecular flexibility index (Phi) is 7.24. The Hall–Kier alpha value is -1.61. The molecule has 3 aromatic rings. The summed E-state index contributed by atoms with van der Waals surface area (Å²) in [5, 5.41) is 3.37. The molecule has 1 N–H and O–H groups in total. The molecule has 0 saturated heterocycles. The topological polar surface area (TPSA) is 44.9 Å². The third-order valence-corrected chi connectivity index (χ3v) is 4.04. The molecule has 0 aliphatic carbocycles. The van der Waals surface area contributed by atoms with Crippen LogP contribution in [0.25, 0.3) is 5.65 Å². The highest BCUT2D eigenvalue weighted by Gasteiger charge is 2.05. The van der Waals surface area contributed by atoms with Crippen LogP contribution in [-0.2, 0) is 13.1 Å². The molecule has 0 aliphatic rings. The van der Waals surface area contributed by atoms with Crippen LogP contribution in [0.3, 0.4) is 0 Å². The van der Waals surface area contributed by atoms with E-state index >= 15 is 0 Å². The van der Waals surface area contributed by atoms with Crippen molar-refractivity contribution in [3.8, 4) is 0 Å². The molecule has 0 amide bonds. The Bertz CT molecular complexity index is 845. The number of aliphatic imine (C=N–C) groups is 1. The quantitative estimate of drug-likeness (QED) is 0.326. The summed E-state index contributed by atoms with van der Waals surface area (Å²) in [6.07, 6.45) is 4.03. The molecule has 0 spiro atoms. The van der Waals surface area contributed by atoms with Crippen molar-refractivity contribution < 1.29 is 0 Å². The van der Waals surface area contributed by atoms with Crippen molar-refractivity contribution in [1.29, 1.82) is 0 Å². The minimum atomic E-state index is 0. The SMILES string of the molecule is CN(C)C(=NCc1ccccc1)NCc1cn2cc(Br)ccc2n1.I. The number of halogens is 2. The molecule has 3 rings (SSSR count). The van der Waals surface area contributed by atoms with E-state index in [0.717, 1.165) is 21.8 Å². The lowest BCUT2D eigenvalue weighted by molar-refractivity contribution is 0.577. The second-order valence-corrected chi connectivity index (χ2v) is 6.63. The number of hydrogen-bond acceptors (Lipinski definition) is 2. The number of fused-ring (bicyclic) bond motifs is 1. The molecule has 2 heterocycles. The maximum Gasteiger partial charge on any atom is 0.194 e. The van der Waals surface area contributed by atoms with Gasteiger partial charge in [0.2, 0.25) is 0 Å². The molecule has 0 fully saturated rings. The van der Waals surface area contributed by atoms with Gasteiger partial charge < -0.3 is 14.6 Å². The summed E-state index contributed by atoms with van der Waals surface area (Å²) in [4.78, 5) is 11.3. The molecule has 2 aromatic heterocycles. The molecule has 0 atom stereocenters. The molecule has 0 radical (unpaired) electrons. The number of rotatable bonds is 4. The Balaban J connectivity index is 0.00000225. The number of imidazole rings is 1. The summed E-state index contributed by atoms with van der Waals surface area (Å²) in [6, 6.07) is 14.2. The van der Waals surface area contributed by atoms with Crippen LogP contribution in [0.15, 0.2) is 64.3 Å².